The van der Waals surface area contributed by atoms with Crippen LogP contribution in [0.3, 0.4) is 0 Å². The third-order valence-corrected chi connectivity index (χ3v) is 3.26. The third kappa shape index (κ3) is 2.30. The smallest absolute Gasteiger partial charge is 0.137 e. The Balaban J connectivity index is 3.23. The van der Waals surface area contributed by atoms with Crippen molar-refractivity contribution in [3.63, 3.8) is 0 Å². The fourth-order valence-electron chi connectivity index (χ4n) is 1.35. The molecule has 1 unspecified atom stereocenters. The molecule has 0 aromatic carbocycles. The zero-order valence-electron chi connectivity index (χ0n) is 8.02. The van der Waals surface area contributed by atoms with Crippen molar-refractivity contribution in [2.45, 2.75) is 26.2 Å². The summed E-state index contributed by atoms with van der Waals surface area (Å²) in [4.78, 5) is 0. The quantitative estimate of drug-likeness (QED) is 0.765. The number of alkyl halides is 1. The summed E-state index contributed by atoms with van der Waals surface area (Å²) in [5.74, 6) is 0.705. The van der Waals surface area contributed by atoms with Gasteiger partial charge in [0.25, 0.3) is 0 Å². The molecule has 0 amide bonds. The number of aromatic nitrogens is 2. The number of nitrogens with zero attached hydrogens (tertiary/aromatic N) is 2. The minimum atomic E-state index is 0.192. The Morgan fingerprint density at radius 2 is 1.79 bits per heavy atom. The van der Waals surface area contributed by atoms with Crippen LogP contribution in [0.15, 0.2) is 0 Å². The molecule has 1 rings (SSSR count). The number of rotatable bonds is 3. The van der Waals surface area contributed by atoms with Crippen LogP contribution in [0.5, 0.6) is 0 Å². The van der Waals surface area contributed by atoms with Gasteiger partial charge in [-0.05, 0) is 18.9 Å². The minimum absolute atomic E-state index is 0.192. The summed E-state index contributed by atoms with van der Waals surface area (Å²) in [7, 11) is 0. The second-order valence-corrected chi connectivity index (χ2v) is 4.10. The zero-order valence-corrected chi connectivity index (χ0v) is 10.3. The van der Waals surface area contributed by atoms with Crippen molar-refractivity contribution in [1.29, 1.82) is 0 Å². The molecule has 2 nitrogen and oxygen atoms in total. The van der Waals surface area contributed by atoms with Crippen LogP contribution >= 0.6 is 34.8 Å². The summed E-state index contributed by atoms with van der Waals surface area (Å²) >= 11 is 17.7. The van der Waals surface area contributed by atoms with Crippen LogP contribution in [-0.4, -0.2) is 16.1 Å². The molecule has 0 radical (unpaired) electrons. The average Bonchev–Trinajstić information content (AvgIpc) is 2.19. The lowest BCUT2D eigenvalue weighted by atomic mass is 9.97. The second kappa shape index (κ2) is 5.15. The first kappa shape index (κ1) is 12.0. The molecular formula is C9H11Cl3N2. The van der Waals surface area contributed by atoms with E-state index < -0.39 is 0 Å². The van der Waals surface area contributed by atoms with E-state index in [4.69, 9.17) is 34.8 Å². The molecule has 0 aliphatic rings. The first-order chi connectivity index (χ1) is 6.61. The summed E-state index contributed by atoms with van der Waals surface area (Å²) in [5, 5.41) is 8.31. The van der Waals surface area contributed by atoms with Crippen molar-refractivity contribution in [3.8, 4) is 0 Å². The highest BCUT2D eigenvalue weighted by molar-refractivity contribution is 6.32. The molecule has 1 aromatic rings. The van der Waals surface area contributed by atoms with E-state index in [-0.39, 0.29) is 5.92 Å². The SMILES string of the molecule is CCC(CCl)c1c(Cl)nnc(Cl)c1C. The molecule has 0 aliphatic carbocycles. The van der Waals surface area contributed by atoms with E-state index in [9.17, 15) is 0 Å². The Bertz CT molecular complexity index is 324. The van der Waals surface area contributed by atoms with Crippen LogP contribution in [0.4, 0.5) is 0 Å². The monoisotopic (exact) mass is 252 g/mol. The molecule has 0 fully saturated rings. The fraction of sp³-hybridized carbons (Fsp3) is 0.556. The van der Waals surface area contributed by atoms with Gasteiger partial charge in [0, 0.05) is 17.4 Å². The van der Waals surface area contributed by atoms with E-state index in [1.807, 2.05) is 6.92 Å². The molecule has 14 heavy (non-hydrogen) atoms. The van der Waals surface area contributed by atoms with Crippen molar-refractivity contribution < 1.29 is 0 Å². The molecule has 0 spiro atoms. The summed E-state index contributed by atoms with van der Waals surface area (Å²) in [5.41, 5.74) is 1.79. The highest BCUT2D eigenvalue weighted by Gasteiger charge is 2.18. The molecule has 1 heterocycles. The lowest BCUT2D eigenvalue weighted by molar-refractivity contribution is 0.724. The highest BCUT2D eigenvalue weighted by atomic mass is 35.5. The number of hydrogen-bond donors (Lipinski definition) is 0. The largest absolute Gasteiger partial charge is 0.155 e. The first-order valence-corrected chi connectivity index (χ1v) is 5.65. The Labute approximate surface area is 98.6 Å². The predicted molar refractivity (Wildman–Crippen MR) is 60.5 cm³/mol. The molecule has 0 N–H and O–H groups in total. The molecule has 0 bridgehead atoms. The number of halogens is 3. The maximum absolute atomic E-state index is 5.96. The van der Waals surface area contributed by atoms with Gasteiger partial charge in [-0.15, -0.1) is 21.8 Å². The van der Waals surface area contributed by atoms with Crippen molar-refractivity contribution in [2.24, 2.45) is 0 Å². The van der Waals surface area contributed by atoms with Crippen LogP contribution in [0.2, 0.25) is 10.3 Å². The molecule has 1 aromatic heterocycles. The first-order valence-electron chi connectivity index (χ1n) is 4.35. The molecule has 0 saturated carbocycles. The molecular weight excluding hydrogens is 242 g/mol. The van der Waals surface area contributed by atoms with Gasteiger partial charge in [0.05, 0.1) is 0 Å². The Morgan fingerprint density at radius 1 is 1.21 bits per heavy atom. The molecule has 5 heteroatoms. The summed E-state index contributed by atoms with van der Waals surface area (Å²) in [6.07, 6.45) is 0.909. The summed E-state index contributed by atoms with van der Waals surface area (Å²) < 4.78 is 0. The molecule has 0 aliphatic heterocycles. The average molecular weight is 254 g/mol. The maximum Gasteiger partial charge on any atom is 0.155 e. The van der Waals surface area contributed by atoms with Gasteiger partial charge in [-0.2, -0.15) is 0 Å². The van der Waals surface area contributed by atoms with Crippen molar-refractivity contribution in [3.05, 3.63) is 21.4 Å². The Kier molecular flexibility index (Phi) is 4.42. The standard InChI is InChI=1S/C9H11Cl3N2/c1-3-6(4-10)7-5(2)8(11)13-14-9(7)12/h6H,3-4H2,1-2H3. The highest BCUT2D eigenvalue weighted by Crippen LogP contribution is 2.31. The van der Waals surface area contributed by atoms with Gasteiger partial charge < -0.3 is 0 Å². The van der Waals surface area contributed by atoms with Gasteiger partial charge in [0.15, 0.2) is 10.3 Å². The summed E-state index contributed by atoms with van der Waals surface area (Å²) in [6, 6.07) is 0. The van der Waals surface area contributed by atoms with E-state index in [0.717, 1.165) is 17.5 Å². The number of hydrogen-bond acceptors (Lipinski definition) is 2. The van der Waals surface area contributed by atoms with Gasteiger partial charge in [0.1, 0.15) is 0 Å². The van der Waals surface area contributed by atoms with Crippen molar-refractivity contribution >= 4 is 34.8 Å². The normalized spacial score (nSPS) is 12.9. The predicted octanol–water partition coefficient (Wildman–Crippen LogP) is 3.82. The van der Waals surface area contributed by atoms with Gasteiger partial charge in [-0.25, -0.2) is 0 Å². The lowest BCUT2D eigenvalue weighted by Crippen LogP contribution is -2.05. The van der Waals surface area contributed by atoms with Crippen molar-refractivity contribution in [1.82, 2.24) is 10.2 Å². The van der Waals surface area contributed by atoms with Crippen LogP contribution in [0.25, 0.3) is 0 Å². The van der Waals surface area contributed by atoms with Gasteiger partial charge >= 0.3 is 0 Å². The van der Waals surface area contributed by atoms with E-state index >= 15 is 0 Å². The van der Waals surface area contributed by atoms with E-state index in [0.29, 0.717) is 16.2 Å². The molecule has 0 saturated heterocycles. The fourth-order valence-corrected chi connectivity index (χ4v) is 2.19. The third-order valence-electron chi connectivity index (χ3n) is 2.25. The topological polar surface area (TPSA) is 25.8 Å². The second-order valence-electron chi connectivity index (χ2n) is 3.08. The van der Waals surface area contributed by atoms with E-state index in [2.05, 4.69) is 17.1 Å². The molecule has 78 valence electrons. The van der Waals surface area contributed by atoms with E-state index in [1.165, 1.54) is 0 Å². The lowest BCUT2D eigenvalue weighted by Gasteiger charge is -2.15. The van der Waals surface area contributed by atoms with Crippen molar-refractivity contribution in [2.75, 3.05) is 5.88 Å². The molecule has 1 atom stereocenters. The van der Waals surface area contributed by atoms with Crippen LogP contribution in [-0.2, 0) is 0 Å². The maximum atomic E-state index is 5.96. The Morgan fingerprint density at radius 3 is 2.29 bits per heavy atom. The minimum Gasteiger partial charge on any atom is -0.137 e. The van der Waals surface area contributed by atoms with Gasteiger partial charge in [-0.3, -0.25) is 0 Å². The zero-order chi connectivity index (χ0) is 10.7. The van der Waals surface area contributed by atoms with Gasteiger partial charge in [0.2, 0.25) is 0 Å². The van der Waals surface area contributed by atoms with Crippen LogP contribution in [0, 0.1) is 6.92 Å². The summed E-state index contributed by atoms with van der Waals surface area (Å²) in [6.45, 7) is 3.94. The van der Waals surface area contributed by atoms with E-state index in [1.54, 1.807) is 0 Å². The van der Waals surface area contributed by atoms with Crippen LogP contribution < -0.4 is 0 Å². The Hall–Kier alpha value is -0.0500. The van der Waals surface area contributed by atoms with Crippen LogP contribution in [0.1, 0.15) is 30.4 Å². The van der Waals surface area contributed by atoms with Gasteiger partial charge in [-0.1, -0.05) is 30.1 Å².